The smallest absolute Gasteiger partial charge is 0.275 e. The van der Waals surface area contributed by atoms with Crippen molar-refractivity contribution in [2.45, 2.75) is 13.8 Å². The molecule has 1 aromatic carbocycles. The van der Waals surface area contributed by atoms with E-state index in [0.717, 1.165) is 16.3 Å². The molecule has 0 aliphatic heterocycles. The van der Waals surface area contributed by atoms with Gasteiger partial charge in [-0.05, 0) is 37.6 Å². The molecule has 20 heavy (non-hydrogen) atoms. The van der Waals surface area contributed by atoms with E-state index < -0.39 is 0 Å². The number of amides is 1. The SMILES string of the molecule is Cc1nn2cc(C(=O)Nc3ccc(Cl)cc3C)nc2s1. The number of fused-ring (bicyclic) bond motifs is 1. The Labute approximate surface area is 124 Å². The van der Waals surface area contributed by atoms with E-state index in [1.165, 1.54) is 11.3 Å². The van der Waals surface area contributed by atoms with E-state index in [-0.39, 0.29) is 5.91 Å². The van der Waals surface area contributed by atoms with Crippen LogP contribution in [0.5, 0.6) is 0 Å². The first-order chi connectivity index (χ1) is 9.52. The molecule has 0 aliphatic carbocycles. The van der Waals surface area contributed by atoms with Gasteiger partial charge < -0.3 is 5.32 Å². The summed E-state index contributed by atoms with van der Waals surface area (Å²) < 4.78 is 1.61. The third kappa shape index (κ3) is 2.39. The van der Waals surface area contributed by atoms with E-state index >= 15 is 0 Å². The molecule has 0 saturated carbocycles. The van der Waals surface area contributed by atoms with Gasteiger partial charge in [-0.1, -0.05) is 22.9 Å². The van der Waals surface area contributed by atoms with Crippen LogP contribution in [0.15, 0.2) is 24.4 Å². The van der Waals surface area contributed by atoms with Crippen LogP contribution in [-0.4, -0.2) is 20.5 Å². The largest absolute Gasteiger partial charge is 0.320 e. The molecular weight excluding hydrogens is 296 g/mol. The van der Waals surface area contributed by atoms with Gasteiger partial charge in [0.15, 0.2) is 0 Å². The molecule has 0 bridgehead atoms. The minimum Gasteiger partial charge on any atom is -0.320 e. The molecule has 2 heterocycles. The molecule has 0 spiro atoms. The number of rotatable bonds is 2. The van der Waals surface area contributed by atoms with E-state index in [2.05, 4.69) is 15.4 Å². The van der Waals surface area contributed by atoms with Gasteiger partial charge in [0.1, 0.15) is 10.7 Å². The zero-order chi connectivity index (χ0) is 14.3. The molecule has 0 aliphatic rings. The van der Waals surface area contributed by atoms with Crippen LogP contribution in [0, 0.1) is 13.8 Å². The Kier molecular flexibility index (Phi) is 3.19. The van der Waals surface area contributed by atoms with Crippen LogP contribution >= 0.6 is 22.9 Å². The quantitative estimate of drug-likeness (QED) is 0.790. The van der Waals surface area contributed by atoms with Gasteiger partial charge in [0.25, 0.3) is 5.91 Å². The second-order valence-electron chi connectivity index (χ2n) is 4.39. The van der Waals surface area contributed by atoms with Crippen molar-refractivity contribution in [3.05, 3.63) is 45.7 Å². The second-order valence-corrected chi connectivity index (χ2v) is 5.98. The number of nitrogens with zero attached hydrogens (tertiary/aromatic N) is 3. The highest BCUT2D eigenvalue weighted by atomic mass is 35.5. The van der Waals surface area contributed by atoms with Crippen LogP contribution in [0.1, 0.15) is 21.1 Å². The summed E-state index contributed by atoms with van der Waals surface area (Å²) in [5.74, 6) is -0.259. The van der Waals surface area contributed by atoms with Gasteiger partial charge in [0, 0.05) is 10.7 Å². The number of aryl methyl sites for hydroxylation is 2. The molecule has 0 radical (unpaired) electrons. The van der Waals surface area contributed by atoms with E-state index in [1.54, 1.807) is 28.9 Å². The average Bonchev–Trinajstić information content (AvgIpc) is 2.89. The Morgan fingerprint density at radius 3 is 2.90 bits per heavy atom. The van der Waals surface area contributed by atoms with Gasteiger partial charge in [-0.15, -0.1) is 0 Å². The normalized spacial score (nSPS) is 10.9. The van der Waals surface area contributed by atoms with Gasteiger partial charge in [-0.25, -0.2) is 9.50 Å². The highest BCUT2D eigenvalue weighted by Gasteiger charge is 2.14. The summed E-state index contributed by atoms with van der Waals surface area (Å²) in [5.41, 5.74) is 1.97. The first-order valence-electron chi connectivity index (χ1n) is 5.93. The molecular formula is C13H11ClN4OS. The van der Waals surface area contributed by atoms with Crippen molar-refractivity contribution >= 4 is 39.5 Å². The highest BCUT2D eigenvalue weighted by Crippen LogP contribution is 2.20. The number of aromatic nitrogens is 3. The summed E-state index contributed by atoms with van der Waals surface area (Å²) in [6.07, 6.45) is 1.62. The summed E-state index contributed by atoms with van der Waals surface area (Å²) in [5, 5.41) is 8.60. The molecule has 0 unspecified atom stereocenters. The van der Waals surface area contributed by atoms with Gasteiger partial charge in [-0.2, -0.15) is 5.10 Å². The fourth-order valence-electron chi connectivity index (χ4n) is 1.86. The van der Waals surface area contributed by atoms with Crippen molar-refractivity contribution in [3.63, 3.8) is 0 Å². The van der Waals surface area contributed by atoms with Crippen molar-refractivity contribution < 1.29 is 4.79 Å². The molecule has 2 aromatic heterocycles. The van der Waals surface area contributed by atoms with Gasteiger partial charge in [-0.3, -0.25) is 4.79 Å². The topological polar surface area (TPSA) is 59.3 Å². The maximum absolute atomic E-state index is 12.2. The minimum atomic E-state index is -0.259. The average molecular weight is 307 g/mol. The molecule has 102 valence electrons. The standard InChI is InChI=1S/C13H11ClN4OS/c1-7-5-9(14)3-4-10(7)15-12(19)11-6-18-13(16-11)20-8(2)17-18/h3-6H,1-2H3,(H,15,19). The lowest BCUT2D eigenvalue weighted by Crippen LogP contribution is -2.13. The van der Waals surface area contributed by atoms with Gasteiger partial charge in [0.05, 0.1) is 6.20 Å². The number of hydrogen-bond acceptors (Lipinski definition) is 4. The van der Waals surface area contributed by atoms with Crippen molar-refractivity contribution in [2.75, 3.05) is 5.32 Å². The van der Waals surface area contributed by atoms with E-state index in [9.17, 15) is 4.79 Å². The van der Waals surface area contributed by atoms with E-state index in [0.29, 0.717) is 15.7 Å². The monoisotopic (exact) mass is 306 g/mol. The number of carbonyl (C=O) groups excluding carboxylic acids is 1. The maximum Gasteiger partial charge on any atom is 0.275 e. The second kappa shape index (κ2) is 4.88. The fourth-order valence-corrected chi connectivity index (χ4v) is 2.81. The van der Waals surface area contributed by atoms with Gasteiger partial charge in [0.2, 0.25) is 4.96 Å². The highest BCUT2D eigenvalue weighted by molar-refractivity contribution is 7.16. The van der Waals surface area contributed by atoms with Crippen LogP contribution in [0.25, 0.3) is 4.96 Å². The number of nitrogens with one attached hydrogen (secondary N) is 1. The van der Waals surface area contributed by atoms with Crippen LogP contribution in [0.3, 0.4) is 0 Å². The summed E-state index contributed by atoms with van der Waals surface area (Å²) in [6.45, 7) is 3.79. The number of anilines is 1. The molecule has 0 atom stereocenters. The van der Waals surface area contributed by atoms with Crippen LogP contribution in [0.4, 0.5) is 5.69 Å². The zero-order valence-electron chi connectivity index (χ0n) is 10.8. The first kappa shape index (κ1) is 13.1. The fraction of sp³-hybridized carbons (Fsp3) is 0.154. The van der Waals surface area contributed by atoms with Gasteiger partial charge >= 0.3 is 0 Å². The molecule has 0 saturated heterocycles. The van der Waals surface area contributed by atoms with E-state index in [4.69, 9.17) is 11.6 Å². The summed E-state index contributed by atoms with van der Waals surface area (Å²) in [4.78, 5) is 17.1. The number of benzene rings is 1. The molecule has 3 aromatic rings. The Balaban J connectivity index is 1.86. The van der Waals surface area contributed by atoms with Crippen molar-refractivity contribution in [3.8, 4) is 0 Å². The molecule has 1 N–H and O–H groups in total. The number of carbonyl (C=O) groups is 1. The third-order valence-corrected chi connectivity index (χ3v) is 3.89. The van der Waals surface area contributed by atoms with Crippen molar-refractivity contribution in [2.24, 2.45) is 0 Å². The van der Waals surface area contributed by atoms with E-state index in [1.807, 2.05) is 13.8 Å². The molecule has 3 rings (SSSR count). The number of hydrogen-bond donors (Lipinski definition) is 1. The molecule has 0 fully saturated rings. The lowest BCUT2D eigenvalue weighted by atomic mass is 10.2. The number of imidazole rings is 1. The van der Waals surface area contributed by atoms with Crippen LogP contribution < -0.4 is 5.32 Å². The Morgan fingerprint density at radius 2 is 2.20 bits per heavy atom. The Morgan fingerprint density at radius 1 is 1.40 bits per heavy atom. The lowest BCUT2D eigenvalue weighted by Gasteiger charge is -2.06. The predicted octanol–water partition coefficient (Wildman–Crippen LogP) is 3.31. The molecule has 7 heteroatoms. The summed E-state index contributed by atoms with van der Waals surface area (Å²) in [6, 6.07) is 5.31. The van der Waals surface area contributed by atoms with Crippen LogP contribution in [-0.2, 0) is 0 Å². The Hall–Kier alpha value is -1.92. The number of halogens is 1. The molecule has 1 amide bonds. The van der Waals surface area contributed by atoms with Crippen molar-refractivity contribution in [1.29, 1.82) is 0 Å². The first-order valence-corrected chi connectivity index (χ1v) is 7.13. The van der Waals surface area contributed by atoms with Crippen LogP contribution in [0.2, 0.25) is 5.02 Å². The maximum atomic E-state index is 12.2. The van der Waals surface area contributed by atoms with Crippen molar-refractivity contribution in [1.82, 2.24) is 14.6 Å². The zero-order valence-corrected chi connectivity index (χ0v) is 12.4. The lowest BCUT2D eigenvalue weighted by molar-refractivity contribution is 0.102. The third-order valence-electron chi connectivity index (χ3n) is 2.81. The summed E-state index contributed by atoms with van der Waals surface area (Å²) in [7, 11) is 0. The Bertz CT molecular complexity index is 776. The predicted molar refractivity (Wildman–Crippen MR) is 79.7 cm³/mol. The molecule has 5 nitrogen and oxygen atoms in total. The summed E-state index contributed by atoms with van der Waals surface area (Å²) >= 11 is 7.33. The minimum absolute atomic E-state index is 0.259.